The Kier molecular flexibility index (Phi) is 3.61. The molecule has 0 atom stereocenters. The molecule has 19 heavy (non-hydrogen) atoms. The Bertz CT molecular complexity index is 690. The van der Waals surface area contributed by atoms with Crippen molar-refractivity contribution < 1.29 is 8.42 Å². The molecule has 2 N–H and O–H groups in total. The number of hydrogen-bond acceptors (Lipinski definition) is 4. The molecule has 0 fully saturated rings. The van der Waals surface area contributed by atoms with E-state index in [1.807, 2.05) is 13.0 Å². The fraction of sp³-hybridized carbons (Fsp3) is 0.308. The molecule has 0 aliphatic heterocycles. The number of hydrogen-bond donors (Lipinski definition) is 1. The van der Waals surface area contributed by atoms with Crippen molar-refractivity contribution in [3.8, 4) is 0 Å². The Balaban J connectivity index is 2.36. The van der Waals surface area contributed by atoms with Gasteiger partial charge in [-0.15, -0.1) is 0 Å². The fourth-order valence-corrected chi connectivity index (χ4v) is 3.44. The maximum Gasteiger partial charge on any atom is 0.186 e. The number of anilines is 1. The number of aryl methyl sites for hydroxylation is 2. The van der Waals surface area contributed by atoms with Gasteiger partial charge in [-0.05, 0) is 24.6 Å². The van der Waals surface area contributed by atoms with Crippen molar-refractivity contribution in [2.24, 2.45) is 7.05 Å². The van der Waals surface area contributed by atoms with E-state index in [4.69, 9.17) is 5.73 Å². The summed E-state index contributed by atoms with van der Waals surface area (Å²) in [4.78, 5) is 0.175. The molecular weight excluding hydrogens is 262 g/mol. The van der Waals surface area contributed by atoms with Crippen molar-refractivity contribution in [2.45, 2.75) is 24.0 Å². The first-order valence-corrected chi connectivity index (χ1v) is 7.68. The third-order valence-corrected chi connectivity index (χ3v) is 4.70. The lowest BCUT2D eigenvalue weighted by atomic mass is 10.3. The van der Waals surface area contributed by atoms with Crippen LogP contribution in [0.3, 0.4) is 0 Å². The molecule has 1 heterocycles. The van der Waals surface area contributed by atoms with Gasteiger partial charge in [-0.2, -0.15) is 5.10 Å². The van der Waals surface area contributed by atoms with Crippen molar-refractivity contribution in [3.05, 3.63) is 41.7 Å². The van der Waals surface area contributed by atoms with E-state index >= 15 is 0 Å². The van der Waals surface area contributed by atoms with E-state index in [2.05, 4.69) is 5.10 Å². The summed E-state index contributed by atoms with van der Waals surface area (Å²) in [6.45, 7) is 1.98. The summed E-state index contributed by atoms with van der Waals surface area (Å²) in [7, 11) is -1.70. The van der Waals surface area contributed by atoms with Gasteiger partial charge in [-0.25, -0.2) is 8.42 Å². The topological polar surface area (TPSA) is 78.0 Å². The molecule has 0 unspecified atom stereocenters. The largest absolute Gasteiger partial charge is 0.398 e. The third-order valence-electron chi connectivity index (χ3n) is 2.98. The summed E-state index contributed by atoms with van der Waals surface area (Å²) in [5, 5.41) is 4.25. The molecule has 1 aromatic carbocycles. The highest BCUT2D eigenvalue weighted by molar-refractivity contribution is 7.90. The Hall–Kier alpha value is -1.82. The Morgan fingerprint density at radius 3 is 2.58 bits per heavy atom. The van der Waals surface area contributed by atoms with Gasteiger partial charge in [0, 0.05) is 7.05 Å². The minimum absolute atomic E-state index is 0.0925. The van der Waals surface area contributed by atoms with E-state index < -0.39 is 9.84 Å². The zero-order valence-corrected chi connectivity index (χ0v) is 11.8. The molecule has 0 saturated carbocycles. The van der Waals surface area contributed by atoms with Gasteiger partial charge in [-0.1, -0.05) is 19.1 Å². The molecule has 0 saturated heterocycles. The first-order valence-electron chi connectivity index (χ1n) is 6.03. The van der Waals surface area contributed by atoms with Crippen LogP contribution in [0.15, 0.2) is 35.2 Å². The van der Waals surface area contributed by atoms with Crippen LogP contribution < -0.4 is 5.73 Å². The molecule has 6 heteroatoms. The van der Waals surface area contributed by atoms with Crippen molar-refractivity contribution in [1.82, 2.24) is 9.78 Å². The number of sulfone groups is 1. The molecule has 2 aromatic rings. The van der Waals surface area contributed by atoms with Gasteiger partial charge < -0.3 is 5.73 Å². The molecule has 0 amide bonds. The Morgan fingerprint density at radius 2 is 2.00 bits per heavy atom. The summed E-state index contributed by atoms with van der Waals surface area (Å²) in [5.41, 5.74) is 7.56. The van der Waals surface area contributed by atoms with Crippen LogP contribution in [-0.2, 0) is 29.1 Å². The van der Waals surface area contributed by atoms with E-state index in [1.54, 1.807) is 29.9 Å². The van der Waals surface area contributed by atoms with Gasteiger partial charge in [0.15, 0.2) is 9.84 Å². The van der Waals surface area contributed by atoms with Gasteiger partial charge in [0.1, 0.15) is 0 Å². The van der Waals surface area contributed by atoms with Crippen molar-refractivity contribution >= 4 is 15.5 Å². The second-order valence-electron chi connectivity index (χ2n) is 4.40. The predicted molar refractivity (Wildman–Crippen MR) is 74.3 cm³/mol. The summed E-state index contributed by atoms with van der Waals surface area (Å²) < 4.78 is 26.3. The molecule has 0 aliphatic carbocycles. The molecule has 0 bridgehead atoms. The van der Waals surface area contributed by atoms with Crippen LogP contribution in [0.25, 0.3) is 0 Å². The zero-order chi connectivity index (χ0) is 14.0. The third kappa shape index (κ3) is 2.78. The van der Waals surface area contributed by atoms with Crippen LogP contribution >= 0.6 is 0 Å². The highest BCUT2D eigenvalue weighted by Gasteiger charge is 2.20. The number of para-hydroxylation sites is 1. The van der Waals surface area contributed by atoms with Crippen LogP contribution in [-0.4, -0.2) is 18.2 Å². The zero-order valence-electron chi connectivity index (χ0n) is 11.0. The summed E-state index contributed by atoms with van der Waals surface area (Å²) in [5.74, 6) is -0.0925. The second kappa shape index (κ2) is 5.05. The van der Waals surface area contributed by atoms with Crippen LogP contribution in [0, 0.1) is 0 Å². The van der Waals surface area contributed by atoms with Gasteiger partial charge in [0.05, 0.1) is 27.7 Å². The molecule has 0 spiro atoms. The normalized spacial score (nSPS) is 11.7. The second-order valence-corrected chi connectivity index (χ2v) is 6.36. The summed E-state index contributed by atoms with van der Waals surface area (Å²) >= 11 is 0. The number of nitrogens with two attached hydrogens (primary N) is 1. The SMILES string of the molecule is CCc1cc(CS(=O)(=O)c2ccccc2N)n(C)n1. The standard InChI is InChI=1S/C13H17N3O2S/c1-3-10-8-11(16(2)15-10)9-19(17,18)13-7-5-4-6-12(13)14/h4-8H,3,9,14H2,1-2H3. The average molecular weight is 279 g/mol. The van der Waals surface area contributed by atoms with Crippen molar-refractivity contribution in [3.63, 3.8) is 0 Å². The summed E-state index contributed by atoms with van der Waals surface area (Å²) in [6.07, 6.45) is 0.779. The van der Waals surface area contributed by atoms with Crippen molar-refractivity contribution in [1.29, 1.82) is 0 Å². The first kappa shape index (κ1) is 13.6. The molecule has 5 nitrogen and oxygen atoms in total. The van der Waals surface area contributed by atoms with Crippen molar-refractivity contribution in [2.75, 3.05) is 5.73 Å². The summed E-state index contributed by atoms with van der Waals surface area (Å²) in [6, 6.07) is 8.32. The Labute approximate surface area is 113 Å². The number of aromatic nitrogens is 2. The maximum atomic E-state index is 12.4. The number of nitrogens with zero attached hydrogens (tertiary/aromatic N) is 2. The quantitative estimate of drug-likeness (QED) is 0.861. The number of benzene rings is 1. The average Bonchev–Trinajstić information content (AvgIpc) is 2.70. The van der Waals surface area contributed by atoms with Gasteiger partial charge in [0.2, 0.25) is 0 Å². The number of rotatable bonds is 4. The lowest BCUT2D eigenvalue weighted by molar-refractivity contribution is 0.592. The molecule has 2 rings (SSSR count). The van der Waals surface area contributed by atoms with E-state index in [-0.39, 0.29) is 16.3 Å². The van der Waals surface area contributed by atoms with Crippen LogP contribution in [0.5, 0.6) is 0 Å². The van der Waals surface area contributed by atoms with E-state index in [0.29, 0.717) is 5.69 Å². The lowest BCUT2D eigenvalue weighted by Crippen LogP contribution is -2.10. The minimum atomic E-state index is -3.45. The first-order chi connectivity index (χ1) is 8.94. The number of nitrogen functional groups attached to an aromatic ring is 1. The Morgan fingerprint density at radius 1 is 1.32 bits per heavy atom. The fourth-order valence-electron chi connectivity index (χ4n) is 1.92. The molecule has 0 radical (unpaired) electrons. The molecule has 0 aliphatic rings. The molecular formula is C13H17N3O2S. The monoisotopic (exact) mass is 279 g/mol. The van der Waals surface area contributed by atoms with Gasteiger partial charge in [-0.3, -0.25) is 4.68 Å². The van der Waals surface area contributed by atoms with Crippen LogP contribution in [0.2, 0.25) is 0 Å². The van der Waals surface area contributed by atoms with Crippen LogP contribution in [0.1, 0.15) is 18.3 Å². The van der Waals surface area contributed by atoms with Gasteiger partial charge in [0.25, 0.3) is 0 Å². The minimum Gasteiger partial charge on any atom is -0.398 e. The van der Waals surface area contributed by atoms with E-state index in [0.717, 1.165) is 12.1 Å². The van der Waals surface area contributed by atoms with Crippen LogP contribution in [0.4, 0.5) is 5.69 Å². The maximum absolute atomic E-state index is 12.4. The smallest absolute Gasteiger partial charge is 0.186 e. The van der Waals surface area contributed by atoms with Gasteiger partial charge >= 0.3 is 0 Å². The molecule has 102 valence electrons. The highest BCUT2D eigenvalue weighted by atomic mass is 32.2. The lowest BCUT2D eigenvalue weighted by Gasteiger charge is -2.07. The highest BCUT2D eigenvalue weighted by Crippen LogP contribution is 2.22. The van der Waals surface area contributed by atoms with E-state index in [9.17, 15) is 8.42 Å². The predicted octanol–water partition coefficient (Wildman–Crippen LogP) is 1.54. The van der Waals surface area contributed by atoms with E-state index in [1.165, 1.54) is 6.07 Å². The molecule has 1 aromatic heterocycles.